The van der Waals surface area contributed by atoms with Crippen molar-refractivity contribution in [2.75, 3.05) is 0 Å². The largest absolute Gasteiger partial charge is 0.350 e. The first-order valence-corrected chi connectivity index (χ1v) is 37.4. The van der Waals surface area contributed by atoms with Crippen LogP contribution in [0, 0.1) is 125 Å². The summed E-state index contributed by atoms with van der Waals surface area (Å²) >= 11 is 0. The van der Waals surface area contributed by atoms with Crippen LogP contribution in [-0.4, -0.2) is 43.6 Å². The van der Waals surface area contributed by atoms with Crippen molar-refractivity contribution in [3.63, 3.8) is 0 Å². The molecule has 0 aliphatic heterocycles. The summed E-state index contributed by atoms with van der Waals surface area (Å²) in [5, 5.41) is 10.4. The normalized spacial score (nSPS) is 9.72. The Hall–Kier alpha value is -9.34. The summed E-state index contributed by atoms with van der Waals surface area (Å²) in [6.45, 7) is 66.4. The second kappa shape index (κ2) is 46.2. The molecule has 0 N–H and O–H groups in total. The lowest BCUT2D eigenvalue weighted by Gasteiger charge is -2.07. The highest BCUT2D eigenvalue weighted by atomic mass is 14.9. The first kappa shape index (κ1) is 90.7. The van der Waals surface area contributed by atoms with Crippen LogP contribution in [-0.2, 0) is 21.1 Å². The van der Waals surface area contributed by atoms with Gasteiger partial charge in [-0.25, -0.2) is 0 Å². The Labute approximate surface area is 618 Å². The summed E-state index contributed by atoms with van der Waals surface area (Å²) in [4.78, 5) is 25.9. The third-order valence-corrected chi connectivity index (χ3v) is 17.9. The summed E-state index contributed by atoms with van der Waals surface area (Å²) in [5.41, 5.74) is 30.6. The molecule has 0 saturated heterocycles. The molecule has 5 aromatic carbocycles. The molecule has 0 radical (unpaired) electrons. The lowest BCUT2D eigenvalue weighted by molar-refractivity contribution is 0.959. The number of aromatic nitrogens is 9. The van der Waals surface area contributed by atoms with Gasteiger partial charge in [-0.05, 0) is 272 Å². The number of hydrogen-bond donors (Lipinski definition) is 0. The van der Waals surface area contributed by atoms with E-state index >= 15 is 0 Å². The van der Waals surface area contributed by atoms with Crippen LogP contribution in [0.5, 0.6) is 0 Å². The quantitative estimate of drug-likeness (QED) is 0.150. The molecule has 0 aliphatic rings. The van der Waals surface area contributed by atoms with Gasteiger partial charge in [-0.15, -0.1) is 0 Å². The second-order valence-electron chi connectivity index (χ2n) is 23.9. The zero-order valence-corrected chi connectivity index (χ0v) is 70.0. The molecular formula is C93H131N9. The van der Waals surface area contributed by atoms with E-state index in [-0.39, 0.29) is 0 Å². The predicted molar refractivity (Wildman–Crippen MR) is 456 cm³/mol. The second-order valence-corrected chi connectivity index (χ2v) is 23.9. The van der Waals surface area contributed by atoms with Crippen molar-refractivity contribution in [3.8, 4) is 0 Å². The van der Waals surface area contributed by atoms with E-state index in [2.05, 4.69) is 286 Å². The van der Waals surface area contributed by atoms with Gasteiger partial charge in [-0.2, -0.15) is 0 Å². The molecule has 0 saturated carbocycles. The van der Waals surface area contributed by atoms with Crippen LogP contribution < -0.4 is 0 Å². The third kappa shape index (κ3) is 23.4. The number of benzene rings is 5. The monoisotopic (exact) mass is 1370 g/mol. The van der Waals surface area contributed by atoms with Gasteiger partial charge in [0.1, 0.15) is 0 Å². The highest BCUT2D eigenvalue weighted by molar-refractivity contribution is 5.91. The van der Waals surface area contributed by atoms with Crippen molar-refractivity contribution in [2.24, 2.45) is 21.1 Å². The Kier molecular flexibility index (Phi) is 41.1. The maximum atomic E-state index is 4.40. The van der Waals surface area contributed by atoms with E-state index in [1.54, 1.807) is 0 Å². The topological polar surface area (TPSA) is 92.1 Å². The van der Waals surface area contributed by atoms with Gasteiger partial charge >= 0.3 is 0 Å². The lowest BCUT2D eigenvalue weighted by Crippen LogP contribution is -1.92. The molecule has 0 aliphatic carbocycles. The van der Waals surface area contributed by atoms with Gasteiger partial charge in [0.2, 0.25) is 0 Å². The summed E-state index contributed by atoms with van der Waals surface area (Å²) in [6.07, 6.45) is 19.6. The van der Waals surface area contributed by atoms with E-state index in [1.807, 2.05) is 159 Å². The van der Waals surface area contributed by atoms with Gasteiger partial charge in [-0.1, -0.05) is 152 Å². The Balaban J connectivity index is 0.000000578. The van der Waals surface area contributed by atoms with E-state index in [9.17, 15) is 0 Å². The van der Waals surface area contributed by atoms with Gasteiger partial charge in [0.25, 0.3) is 0 Å². The molecule has 14 rings (SSSR count). The molecular weight excluding hydrogens is 1240 g/mol. The molecule has 9 heteroatoms. The van der Waals surface area contributed by atoms with E-state index in [0.717, 1.165) is 27.9 Å². The van der Waals surface area contributed by atoms with E-state index in [1.165, 1.54) is 149 Å². The Morgan fingerprint density at radius 2 is 0.637 bits per heavy atom. The fourth-order valence-corrected chi connectivity index (χ4v) is 11.7. The molecule has 548 valence electrons. The maximum absolute atomic E-state index is 4.40. The average molecular weight is 1380 g/mol. The van der Waals surface area contributed by atoms with Gasteiger partial charge in [-0.3, -0.25) is 29.9 Å². The molecule has 0 bridgehead atoms. The molecule has 9 aromatic heterocycles. The first-order valence-electron chi connectivity index (χ1n) is 37.4. The highest BCUT2D eigenvalue weighted by Crippen LogP contribution is 2.28. The molecule has 9 heterocycles. The smallest absolute Gasteiger partial charge is 0.0883 e. The number of pyridine rings is 6. The fraction of sp³-hybridized carbons (Fsp3) is 0.376. The van der Waals surface area contributed by atoms with Crippen LogP contribution >= 0.6 is 0 Å². The zero-order chi connectivity index (χ0) is 77.8. The summed E-state index contributed by atoms with van der Waals surface area (Å²) in [7, 11) is 6.21. The van der Waals surface area contributed by atoms with Gasteiger partial charge < -0.3 is 13.7 Å². The van der Waals surface area contributed by atoms with Gasteiger partial charge in [0.05, 0.1) is 33.1 Å². The Bertz CT molecular complexity index is 4260. The van der Waals surface area contributed by atoms with Crippen LogP contribution in [0.2, 0.25) is 0 Å². The van der Waals surface area contributed by atoms with Crippen molar-refractivity contribution in [1.82, 2.24) is 43.6 Å². The number of aryl methyl sites for hydroxylation is 21. The van der Waals surface area contributed by atoms with Crippen molar-refractivity contribution in [3.05, 3.63) is 259 Å². The minimum absolute atomic E-state index is 1.08. The standard InChI is InChI=1S/4C12H13N.C11H13N.2C10H12N2.7C2H6/c1-8-4-5-11-7-13-6-9(2)12(11)10(8)3;1-8-4-5-11-6-7-13-10(3)12(11)9(8)2;1-8-4-5-11-12(10(8)3)9(2)6-7-13-11;1-8-5-4-6-11-12(8)10(3)9(2)7-13-11;1-8-4-5-10-6-7-12(3)11(10)9(8)2;1-7-8(2)11-6-9-4-5-12(3)10(7)9;1-7-6-11-9-4-5-12(3)10(9)8(7)2;7*1-2/h4*4-7H,1-3H3;4-7H,1-3H3;2*4-6H,1-3H3;7*1-2H3. The fourth-order valence-electron chi connectivity index (χ4n) is 11.7. The molecule has 0 amide bonds. The van der Waals surface area contributed by atoms with Crippen LogP contribution in [0.15, 0.2) is 159 Å². The Morgan fingerprint density at radius 1 is 0.225 bits per heavy atom. The zero-order valence-electron chi connectivity index (χ0n) is 70.0. The molecule has 0 spiro atoms. The van der Waals surface area contributed by atoms with E-state index < -0.39 is 0 Å². The number of hydrogen-bond acceptors (Lipinski definition) is 6. The molecule has 0 fully saturated rings. The third-order valence-electron chi connectivity index (χ3n) is 17.9. The van der Waals surface area contributed by atoms with Crippen molar-refractivity contribution < 1.29 is 0 Å². The van der Waals surface area contributed by atoms with Crippen LogP contribution in [0.25, 0.3) is 76.2 Å². The minimum atomic E-state index is 1.08. The van der Waals surface area contributed by atoms with Gasteiger partial charge in [0, 0.05) is 121 Å². The average Bonchev–Trinajstić information content (AvgIpc) is 1.51. The van der Waals surface area contributed by atoms with E-state index in [0.29, 0.717) is 0 Å². The van der Waals surface area contributed by atoms with E-state index in [4.69, 9.17) is 0 Å². The number of nitrogens with zero attached hydrogens (tertiary/aromatic N) is 9. The molecule has 0 atom stereocenters. The molecule has 14 aromatic rings. The highest BCUT2D eigenvalue weighted by Gasteiger charge is 2.09. The summed E-state index contributed by atoms with van der Waals surface area (Å²) < 4.78 is 6.43. The maximum Gasteiger partial charge on any atom is 0.0883 e. The summed E-state index contributed by atoms with van der Waals surface area (Å²) in [6, 6.07) is 33.9. The summed E-state index contributed by atoms with van der Waals surface area (Å²) in [5.74, 6) is 0. The van der Waals surface area contributed by atoms with Crippen LogP contribution in [0.1, 0.15) is 197 Å². The van der Waals surface area contributed by atoms with Crippen molar-refractivity contribution in [1.29, 1.82) is 0 Å². The van der Waals surface area contributed by atoms with Crippen LogP contribution in [0.3, 0.4) is 0 Å². The first-order chi connectivity index (χ1) is 48.9. The van der Waals surface area contributed by atoms with Crippen molar-refractivity contribution in [2.45, 2.75) is 222 Å². The van der Waals surface area contributed by atoms with Gasteiger partial charge in [0.15, 0.2) is 0 Å². The molecule has 102 heavy (non-hydrogen) atoms. The lowest BCUT2D eigenvalue weighted by atomic mass is 9.99. The predicted octanol–water partition coefficient (Wildman–Crippen LogP) is 27.0. The SMILES string of the molecule is CC.CC.CC.CC.CC.CC.CC.Cc1ccc2ccn(C)c2c1C.Cc1ccc2ccnc(C)c2c1C.Cc1ccc2cncc(C)c2c1C.Cc1ccc2nccc(C)c2c1C.Cc1cnc2cccc(C)c2c1C.Cc1cnc2ccn(C)c2c1C.Cc1ncc2ccn(C)c2c1C. The molecule has 9 nitrogen and oxygen atoms in total. The number of rotatable bonds is 0. The molecule has 0 unspecified atom stereocenters. The minimum Gasteiger partial charge on any atom is -0.350 e. The number of fused-ring (bicyclic) bond motifs is 7. The Morgan fingerprint density at radius 3 is 1.22 bits per heavy atom. The van der Waals surface area contributed by atoms with Crippen molar-refractivity contribution >= 4 is 76.2 Å². The van der Waals surface area contributed by atoms with Crippen LogP contribution in [0.4, 0.5) is 0 Å².